The standard InChI is InChI=1S/C21H24ClN3O2S/c22-18-8-4-5-9-19(18)23-20(26)14-24-10-12-25(13-11-24)21(27)16-28-15-17-6-2-1-3-7-17/h1-9H,10-16H2,(H,23,26). The first-order valence-corrected chi connectivity index (χ1v) is 10.8. The molecule has 0 bridgehead atoms. The Kier molecular flexibility index (Phi) is 7.77. The topological polar surface area (TPSA) is 52.7 Å². The third-order valence-electron chi connectivity index (χ3n) is 4.58. The number of nitrogens with one attached hydrogen (secondary N) is 1. The highest BCUT2D eigenvalue weighted by atomic mass is 35.5. The number of carbonyl (C=O) groups excluding carboxylic acids is 2. The minimum atomic E-state index is -0.0914. The Morgan fingerprint density at radius 3 is 2.36 bits per heavy atom. The van der Waals surface area contributed by atoms with Crippen molar-refractivity contribution in [2.75, 3.05) is 43.8 Å². The lowest BCUT2D eigenvalue weighted by atomic mass is 10.2. The van der Waals surface area contributed by atoms with E-state index in [2.05, 4.69) is 22.3 Å². The summed E-state index contributed by atoms with van der Waals surface area (Å²) in [4.78, 5) is 28.6. The first-order valence-electron chi connectivity index (χ1n) is 9.28. The van der Waals surface area contributed by atoms with E-state index in [1.54, 1.807) is 23.9 Å². The molecule has 2 aromatic rings. The molecule has 7 heteroatoms. The second-order valence-electron chi connectivity index (χ2n) is 6.66. The van der Waals surface area contributed by atoms with E-state index in [1.807, 2.05) is 35.2 Å². The van der Waals surface area contributed by atoms with E-state index in [0.717, 1.165) is 5.75 Å². The van der Waals surface area contributed by atoms with Crippen LogP contribution in [0.5, 0.6) is 0 Å². The molecule has 1 heterocycles. The molecule has 0 spiro atoms. The van der Waals surface area contributed by atoms with Gasteiger partial charge in [0.05, 0.1) is 23.0 Å². The van der Waals surface area contributed by atoms with Gasteiger partial charge in [-0.1, -0.05) is 54.1 Å². The largest absolute Gasteiger partial charge is 0.339 e. The van der Waals surface area contributed by atoms with E-state index in [1.165, 1.54) is 5.56 Å². The van der Waals surface area contributed by atoms with Gasteiger partial charge in [-0.05, 0) is 17.7 Å². The van der Waals surface area contributed by atoms with Crippen molar-refractivity contribution in [3.05, 3.63) is 65.2 Å². The van der Waals surface area contributed by atoms with Gasteiger partial charge in [0.15, 0.2) is 0 Å². The van der Waals surface area contributed by atoms with Crippen LogP contribution in [0, 0.1) is 0 Å². The van der Waals surface area contributed by atoms with Crippen molar-refractivity contribution in [3.8, 4) is 0 Å². The van der Waals surface area contributed by atoms with Crippen molar-refractivity contribution in [3.63, 3.8) is 0 Å². The van der Waals surface area contributed by atoms with Crippen LogP contribution >= 0.6 is 23.4 Å². The number of hydrogen-bond acceptors (Lipinski definition) is 4. The van der Waals surface area contributed by atoms with Crippen LogP contribution < -0.4 is 5.32 Å². The van der Waals surface area contributed by atoms with Gasteiger partial charge in [0, 0.05) is 31.9 Å². The molecule has 28 heavy (non-hydrogen) atoms. The number of nitrogens with zero attached hydrogens (tertiary/aromatic N) is 2. The lowest BCUT2D eigenvalue weighted by molar-refractivity contribution is -0.130. The molecule has 1 saturated heterocycles. The maximum Gasteiger partial charge on any atom is 0.238 e. The molecule has 2 aromatic carbocycles. The zero-order valence-electron chi connectivity index (χ0n) is 15.6. The lowest BCUT2D eigenvalue weighted by Crippen LogP contribution is -2.50. The van der Waals surface area contributed by atoms with Crippen molar-refractivity contribution in [2.45, 2.75) is 5.75 Å². The molecule has 2 amide bonds. The first-order chi connectivity index (χ1) is 13.6. The van der Waals surface area contributed by atoms with Gasteiger partial charge in [-0.25, -0.2) is 0 Å². The number of piperazine rings is 1. The van der Waals surface area contributed by atoms with Gasteiger partial charge >= 0.3 is 0 Å². The molecule has 0 radical (unpaired) electrons. The predicted molar refractivity (Wildman–Crippen MR) is 116 cm³/mol. The maximum absolute atomic E-state index is 12.4. The van der Waals surface area contributed by atoms with E-state index in [0.29, 0.717) is 49.2 Å². The molecule has 0 aliphatic carbocycles. The van der Waals surface area contributed by atoms with Crippen molar-refractivity contribution < 1.29 is 9.59 Å². The molecule has 1 N–H and O–H groups in total. The van der Waals surface area contributed by atoms with Gasteiger partial charge in [-0.15, -0.1) is 11.8 Å². The first kappa shape index (κ1) is 20.7. The quantitative estimate of drug-likeness (QED) is 0.750. The molecule has 1 fully saturated rings. The number of rotatable bonds is 7. The number of para-hydroxylation sites is 1. The molecule has 1 aliphatic heterocycles. The Labute approximate surface area is 175 Å². The fourth-order valence-corrected chi connectivity index (χ4v) is 4.10. The van der Waals surface area contributed by atoms with Gasteiger partial charge in [-0.3, -0.25) is 14.5 Å². The summed E-state index contributed by atoms with van der Waals surface area (Å²) < 4.78 is 0. The molecule has 1 aliphatic rings. The Morgan fingerprint density at radius 2 is 1.64 bits per heavy atom. The van der Waals surface area contributed by atoms with Crippen LogP contribution in [0.15, 0.2) is 54.6 Å². The normalized spacial score (nSPS) is 14.7. The SMILES string of the molecule is O=C(CN1CCN(C(=O)CSCc2ccccc2)CC1)Nc1ccccc1Cl. The molecule has 0 atom stereocenters. The number of anilines is 1. The third-order valence-corrected chi connectivity index (χ3v) is 5.90. The molecule has 3 rings (SSSR count). The minimum absolute atomic E-state index is 0.0914. The number of carbonyl (C=O) groups is 2. The average molecular weight is 418 g/mol. The summed E-state index contributed by atoms with van der Waals surface area (Å²) in [5.74, 6) is 1.41. The Bertz CT molecular complexity index is 795. The summed E-state index contributed by atoms with van der Waals surface area (Å²) in [6.07, 6.45) is 0. The van der Waals surface area contributed by atoms with Crippen LogP contribution in [0.1, 0.15) is 5.56 Å². The Morgan fingerprint density at radius 1 is 0.964 bits per heavy atom. The van der Waals surface area contributed by atoms with Crippen LogP contribution in [0.3, 0.4) is 0 Å². The van der Waals surface area contributed by atoms with Crippen molar-refractivity contribution in [2.24, 2.45) is 0 Å². The summed E-state index contributed by atoms with van der Waals surface area (Å²) in [7, 11) is 0. The van der Waals surface area contributed by atoms with Crippen molar-refractivity contribution in [1.82, 2.24) is 9.80 Å². The Balaban J connectivity index is 1.36. The minimum Gasteiger partial charge on any atom is -0.339 e. The van der Waals surface area contributed by atoms with Crippen molar-refractivity contribution >= 4 is 40.9 Å². The van der Waals surface area contributed by atoms with Gasteiger partial charge < -0.3 is 10.2 Å². The highest BCUT2D eigenvalue weighted by Crippen LogP contribution is 2.20. The van der Waals surface area contributed by atoms with E-state index in [-0.39, 0.29) is 11.8 Å². The maximum atomic E-state index is 12.4. The van der Waals surface area contributed by atoms with E-state index >= 15 is 0 Å². The zero-order chi connectivity index (χ0) is 19.8. The average Bonchev–Trinajstić information content (AvgIpc) is 2.71. The van der Waals surface area contributed by atoms with E-state index < -0.39 is 0 Å². The summed E-state index contributed by atoms with van der Waals surface area (Å²) in [5, 5.41) is 3.37. The number of thioether (sulfide) groups is 1. The second kappa shape index (κ2) is 10.5. The van der Waals surface area contributed by atoms with Crippen LogP contribution in [-0.4, -0.2) is 60.1 Å². The number of amides is 2. The predicted octanol–water partition coefficient (Wildman–Crippen LogP) is 3.36. The molecule has 148 valence electrons. The van der Waals surface area contributed by atoms with Crippen molar-refractivity contribution in [1.29, 1.82) is 0 Å². The molecular weight excluding hydrogens is 394 g/mol. The number of hydrogen-bond donors (Lipinski definition) is 1. The number of halogens is 1. The second-order valence-corrected chi connectivity index (χ2v) is 8.06. The number of benzene rings is 2. The van der Waals surface area contributed by atoms with Crippen LogP contribution in [0.2, 0.25) is 5.02 Å². The third kappa shape index (κ3) is 6.26. The molecule has 5 nitrogen and oxygen atoms in total. The highest BCUT2D eigenvalue weighted by Gasteiger charge is 2.22. The molecule has 0 aromatic heterocycles. The molecule has 0 unspecified atom stereocenters. The van der Waals surface area contributed by atoms with E-state index in [9.17, 15) is 9.59 Å². The monoisotopic (exact) mass is 417 g/mol. The smallest absolute Gasteiger partial charge is 0.238 e. The molecule has 0 saturated carbocycles. The summed E-state index contributed by atoms with van der Waals surface area (Å²) in [6, 6.07) is 17.4. The van der Waals surface area contributed by atoms with Gasteiger partial charge in [0.1, 0.15) is 0 Å². The van der Waals surface area contributed by atoms with Crippen LogP contribution in [0.4, 0.5) is 5.69 Å². The van der Waals surface area contributed by atoms with Gasteiger partial charge in [-0.2, -0.15) is 0 Å². The Hall–Kier alpha value is -2.02. The lowest BCUT2D eigenvalue weighted by Gasteiger charge is -2.34. The van der Waals surface area contributed by atoms with Crippen LogP contribution in [-0.2, 0) is 15.3 Å². The fraction of sp³-hybridized carbons (Fsp3) is 0.333. The van der Waals surface area contributed by atoms with Gasteiger partial charge in [0.25, 0.3) is 0 Å². The summed E-state index contributed by atoms with van der Waals surface area (Å²) in [6.45, 7) is 3.01. The van der Waals surface area contributed by atoms with Gasteiger partial charge in [0.2, 0.25) is 11.8 Å². The highest BCUT2D eigenvalue weighted by molar-refractivity contribution is 7.99. The zero-order valence-corrected chi connectivity index (χ0v) is 17.2. The van der Waals surface area contributed by atoms with Crippen LogP contribution in [0.25, 0.3) is 0 Å². The van der Waals surface area contributed by atoms with E-state index in [4.69, 9.17) is 11.6 Å². The molecular formula is C21H24ClN3O2S. The summed E-state index contributed by atoms with van der Waals surface area (Å²) >= 11 is 7.71. The summed E-state index contributed by atoms with van der Waals surface area (Å²) in [5.41, 5.74) is 1.85. The fourth-order valence-electron chi connectivity index (χ4n) is 3.03.